The number of Topliss-reactive ketones (excluding diaryl/α,β-unsaturated/α-hetero) is 1. The molecule has 0 fully saturated rings. The standard InChI is InChI=1S/C13H15ClO5/c1-2-19-11-5-3-4-9(12(16)13(17)18)10(11)6-8(15)7-14/h3-5,12,16H,2,6-7H2,1H3,(H,17,18). The summed E-state index contributed by atoms with van der Waals surface area (Å²) in [6, 6.07) is 4.65. The van der Waals surface area contributed by atoms with E-state index in [1.165, 1.54) is 6.07 Å². The highest BCUT2D eigenvalue weighted by Crippen LogP contribution is 2.28. The minimum absolute atomic E-state index is 0.0701. The smallest absolute Gasteiger partial charge is 0.337 e. The average Bonchev–Trinajstić information content (AvgIpc) is 2.39. The number of carboxylic acid groups (broad SMARTS) is 1. The van der Waals surface area contributed by atoms with Gasteiger partial charge >= 0.3 is 5.97 Å². The molecule has 0 radical (unpaired) electrons. The summed E-state index contributed by atoms with van der Waals surface area (Å²) >= 11 is 5.46. The van der Waals surface area contributed by atoms with Crippen molar-refractivity contribution < 1.29 is 24.5 Å². The van der Waals surface area contributed by atoms with Crippen molar-refractivity contribution >= 4 is 23.4 Å². The van der Waals surface area contributed by atoms with Gasteiger partial charge in [-0.25, -0.2) is 4.79 Å². The van der Waals surface area contributed by atoms with E-state index in [2.05, 4.69) is 0 Å². The van der Waals surface area contributed by atoms with Gasteiger partial charge in [-0.1, -0.05) is 12.1 Å². The number of aliphatic hydroxyl groups excluding tert-OH is 1. The van der Waals surface area contributed by atoms with Crippen molar-refractivity contribution in [1.29, 1.82) is 0 Å². The van der Waals surface area contributed by atoms with Gasteiger partial charge in [-0.05, 0) is 18.6 Å². The van der Waals surface area contributed by atoms with Crippen LogP contribution in [0.15, 0.2) is 18.2 Å². The summed E-state index contributed by atoms with van der Waals surface area (Å²) in [4.78, 5) is 22.3. The Hall–Kier alpha value is -1.59. The molecule has 104 valence electrons. The topological polar surface area (TPSA) is 83.8 Å². The number of alkyl halides is 1. The zero-order chi connectivity index (χ0) is 14.4. The maximum atomic E-state index is 11.5. The quantitative estimate of drug-likeness (QED) is 0.743. The second-order valence-electron chi connectivity index (χ2n) is 3.85. The normalized spacial score (nSPS) is 11.9. The third kappa shape index (κ3) is 3.94. The minimum Gasteiger partial charge on any atom is -0.494 e. The number of ether oxygens (including phenoxy) is 1. The molecule has 0 saturated carbocycles. The molecule has 2 N–H and O–H groups in total. The second-order valence-corrected chi connectivity index (χ2v) is 4.11. The Morgan fingerprint density at radius 3 is 2.63 bits per heavy atom. The van der Waals surface area contributed by atoms with E-state index < -0.39 is 12.1 Å². The van der Waals surface area contributed by atoms with Crippen LogP contribution in [0.2, 0.25) is 0 Å². The Bertz CT molecular complexity index is 472. The number of aliphatic hydroxyl groups is 1. The molecular weight excluding hydrogens is 272 g/mol. The summed E-state index contributed by atoms with van der Waals surface area (Å²) < 4.78 is 5.35. The van der Waals surface area contributed by atoms with Gasteiger partial charge in [0, 0.05) is 12.0 Å². The molecule has 5 nitrogen and oxygen atoms in total. The number of halogens is 1. The minimum atomic E-state index is -1.70. The third-order valence-corrected chi connectivity index (χ3v) is 2.82. The van der Waals surface area contributed by atoms with Gasteiger partial charge in [-0.3, -0.25) is 4.79 Å². The van der Waals surface area contributed by atoms with Crippen LogP contribution in [-0.2, 0) is 16.0 Å². The molecule has 0 aliphatic rings. The molecule has 6 heteroatoms. The molecule has 1 atom stereocenters. The lowest BCUT2D eigenvalue weighted by Crippen LogP contribution is -2.16. The molecular formula is C13H15ClO5. The number of ketones is 1. The summed E-state index contributed by atoms with van der Waals surface area (Å²) in [6.45, 7) is 2.14. The predicted octanol–water partition coefficient (Wildman–Crippen LogP) is 1.55. The molecule has 0 aliphatic carbocycles. The van der Waals surface area contributed by atoms with Crippen LogP contribution in [-0.4, -0.2) is 34.5 Å². The fourth-order valence-electron chi connectivity index (χ4n) is 1.70. The molecule has 1 aromatic rings. The first-order valence-electron chi connectivity index (χ1n) is 5.74. The van der Waals surface area contributed by atoms with Crippen molar-refractivity contribution in [2.24, 2.45) is 0 Å². The predicted molar refractivity (Wildman–Crippen MR) is 69.6 cm³/mol. The second kappa shape index (κ2) is 7.11. The van der Waals surface area contributed by atoms with Gasteiger partial charge in [-0.2, -0.15) is 0 Å². The van der Waals surface area contributed by atoms with E-state index in [-0.39, 0.29) is 23.6 Å². The van der Waals surface area contributed by atoms with E-state index in [0.29, 0.717) is 17.9 Å². The molecule has 0 saturated heterocycles. The van der Waals surface area contributed by atoms with Crippen molar-refractivity contribution in [3.8, 4) is 5.75 Å². The lowest BCUT2D eigenvalue weighted by Gasteiger charge is -2.16. The fourth-order valence-corrected chi connectivity index (χ4v) is 1.79. The SMILES string of the molecule is CCOc1cccc(C(O)C(=O)O)c1CC(=O)CCl. The molecule has 19 heavy (non-hydrogen) atoms. The third-order valence-electron chi connectivity index (χ3n) is 2.52. The first-order chi connectivity index (χ1) is 9.01. The number of hydrogen-bond donors (Lipinski definition) is 2. The molecule has 0 heterocycles. The van der Waals surface area contributed by atoms with E-state index in [1.807, 2.05) is 0 Å². The number of hydrogen-bond acceptors (Lipinski definition) is 4. The number of carboxylic acids is 1. The number of benzene rings is 1. The zero-order valence-electron chi connectivity index (χ0n) is 10.4. The lowest BCUT2D eigenvalue weighted by molar-refractivity contribution is -0.147. The van der Waals surface area contributed by atoms with E-state index in [1.54, 1.807) is 19.1 Å². The van der Waals surface area contributed by atoms with Crippen molar-refractivity contribution in [1.82, 2.24) is 0 Å². The summed E-state index contributed by atoms with van der Waals surface area (Å²) in [5.41, 5.74) is 0.516. The highest BCUT2D eigenvalue weighted by molar-refractivity contribution is 6.27. The first kappa shape index (κ1) is 15.5. The Labute approximate surface area is 115 Å². The Morgan fingerprint density at radius 1 is 1.42 bits per heavy atom. The van der Waals surface area contributed by atoms with Gasteiger partial charge in [0.05, 0.1) is 12.5 Å². The van der Waals surface area contributed by atoms with Gasteiger partial charge in [0.15, 0.2) is 11.9 Å². The van der Waals surface area contributed by atoms with Crippen LogP contribution < -0.4 is 4.74 Å². The average molecular weight is 287 g/mol. The number of rotatable bonds is 7. The van der Waals surface area contributed by atoms with E-state index in [4.69, 9.17) is 21.4 Å². The Kier molecular flexibility index (Phi) is 5.79. The molecule has 0 bridgehead atoms. The van der Waals surface area contributed by atoms with Crippen molar-refractivity contribution in [2.75, 3.05) is 12.5 Å². The zero-order valence-corrected chi connectivity index (χ0v) is 11.2. The van der Waals surface area contributed by atoms with Crippen LogP contribution in [0.5, 0.6) is 5.75 Å². The van der Waals surface area contributed by atoms with E-state index in [0.717, 1.165) is 0 Å². The number of aliphatic carboxylic acids is 1. The van der Waals surface area contributed by atoms with E-state index >= 15 is 0 Å². The molecule has 0 aliphatic heterocycles. The van der Waals surface area contributed by atoms with Crippen LogP contribution in [0.4, 0.5) is 0 Å². The van der Waals surface area contributed by atoms with Crippen molar-refractivity contribution in [3.05, 3.63) is 29.3 Å². The van der Waals surface area contributed by atoms with Crippen molar-refractivity contribution in [3.63, 3.8) is 0 Å². The Morgan fingerprint density at radius 2 is 2.11 bits per heavy atom. The molecule has 1 aromatic carbocycles. The monoisotopic (exact) mass is 286 g/mol. The van der Waals surface area contributed by atoms with Gasteiger partial charge < -0.3 is 14.9 Å². The van der Waals surface area contributed by atoms with Gasteiger partial charge in [0.25, 0.3) is 0 Å². The van der Waals surface area contributed by atoms with Gasteiger partial charge in [0.2, 0.25) is 0 Å². The first-order valence-corrected chi connectivity index (χ1v) is 6.27. The number of carbonyl (C=O) groups excluding carboxylic acids is 1. The summed E-state index contributed by atoms with van der Waals surface area (Å²) in [7, 11) is 0. The molecule has 1 rings (SSSR count). The molecule has 0 aromatic heterocycles. The fraction of sp³-hybridized carbons (Fsp3) is 0.385. The van der Waals surface area contributed by atoms with Gasteiger partial charge in [0.1, 0.15) is 5.75 Å². The molecule has 1 unspecified atom stereocenters. The molecule has 0 spiro atoms. The van der Waals surface area contributed by atoms with Crippen molar-refractivity contribution in [2.45, 2.75) is 19.4 Å². The highest BCUT2D eigenvalue weighted by Gasteiger charge is 2.23. The Balaban J connectivity index is 3.24. The van der Waals surface area contributed by atoms with Crippen LogP contribution in [0, 0.1) is 0 Å². The summed E-state index contributed by atoms with van der Waals surface area (Å²) in [5, 5.41) is 18.5. The van der Waals surface area contributed by atoms with Crippen LogP contribution >= 0.6 is 11.6 Å². The maximum Gasteiger partial charge on any atom is 0.337 e. The lowest BCUT2D eigenvalue weighted by atomic mass is 9.97. The van der Waals surface area contributed by atoms with Crippen LogP contribution in [0.3, 0.4) is 0 Å². The molecule has 0 amide bonds. The summed E-state index contributed by atoms with van der Waals surface area (Å²) in [5.74, 6) is -1.44. The van der Waals surface area contributed by atoms with Crippen LogP contribution in [0.1, 0.15) is 24.2 Å². The summed E-state index contributed by atoms with van der Waals surface area (Å²) in [6.07, 6.45) is -1.77. The number of carbonyl (C=O) groups is 2. The largest absolute Gasteiger partial charge is 0.494 e. The highest BCUT2D eigenvalue weighted by atomic mass is 35.5. The van der Waals surface area contributed by atoms with E-state index in [9.17, 15) is 14.7 Å². The van der Waals surface area contributed by atoms with Crippen LogP contribution in [0.25, 0.3) is 0 Å². The maximum absolute atomic E-state index is 11.5. The van der Waals surface area contributed by atoms with Gasteiger partial charge in [-0.15, -0.1) is 11.6 Å².